The lowest BCUT2D eigenvalue weighted by Crippen LogP contribution is -2.19. The molecule has 5 unspecified atom stereocenters. The van der Waals surface area contributed by atoms with Gasteiger partial charge in [0, 0.05) is 16.7 Å². The number of rotatable bonds is 11. The Morgan fingerprint density at radius 2 is 1.10 bits per heavy atom. The van der Waals surface area contributed by atoms with Crippen molar-refractivity contribution in [3.05, 3.63) is 46.3 Å². The third-order valence-electron chi connectivity index (χ3n) is 4.81. The Kier molecular flexibility index (Phi) is 11.3. The lowest BCUT2D eigenvalue weighted by Gasteiger charge is -2.19. The molecule has 0 aromatic heterocycles. The maximum atomic E-state index is 12.2. The summed E-state index contributed by atoms with van der Waals surface area (Å²) in [4.78, 5) is 0. The predicted molar refractivity (Wildman–Crippen MR) is 119 cm³/mol. The Balaban J connectivity index is 5.21. The normalized spacial score (nSPS) is 20.0. The van der Waals surface area contributed by atoms with Crippen LogP contribution >= 0.6 is 0 Å². The van der Waals surface area contributed by atoms with Gasteiger partial charge in [0.1, 0.15) is 0 Å². The van der Waals surface area contributed by atoms with Crippen molar-refractivity contribution in [1.82, 2.24) is 0 Å². The molecule has 0 saturated heterocycles. The number of hydrogen-bond acceptors (Lipinski definition) is 6. The molecule has 168 valence electrons. The molecule has 0 aromatic rings. The highest BCUT2D eigenvalue weighted by Gasteiger charge is 2.18. The van der Waals surface area contributed by atoms with Gasteiger partial charge in [0.25, 0.3) is 0 Å². The topological polar surface area (TPSA) is 109 Å². The molecule has 0 amide bonds. The highest BCUT2D eigenvalue weighted by molar-refractivity contribution is 8.10. The molecular weight excluding hydrogens is 412 g/mol. The van der Waals surface area contributed by atoms with Crippen molar-refractivity contribution in [2.24, 2.45) is 17.8 Å². The van der Waals surface area contributed by atoms with Gasteiger partial charge in [-0.25, -0.2) is 16.8 Å². The highest BCUT2D eigenvalue weighted by Crippen LogP contribution is 2.18. The Morgan fingerprint density at radius 3 is 1.45 bits per heavy atom. The standard InChI is InChI=1S/C21H36O6S2/c1-15(12-17(3)19(5)21(7)23)8-10-28(24,25)14-29(26,27)11-9-16(2)13-18(4)20(6)22/h8-13,17-23H,14H2,1-7H3/b10-8+,11-9+,15-12+,16-13+. The monoisotopic (exact) mass is 448 g/mol. The molecule has 0 spiro atoms. The molecule has 0 aromatic carbocycles. The SMILES string of the molecule is CC(/C=C/S(=O)(=O)CS(=O)(=O)/C=C/C(C)=C/C(C)C(C)C(C)O)=C\C(C)C(C)O. The van der Waals surface area contributed by atoms with Crippen LogP contribution in [-0.4, -0.2) is 44.3 Å². The second kappa shape index (κ2) is 11.8. The molecule has 0 radical (unpaired) electrons. The van der Waals surface area contributed by atoms with Gasteiger partial charge < -0.3 is 10.2 Å². The molecule has 0 rings (SSSR count). The van der Waals surface area contributed by atoms with Crippen molar-refractivity contribution >= 4 is 19.7 Å². The third-order valence-corrected chi connectivity index (χ3v) is 8.54. The molecule has 2 N–H and O–H groups in total. The second-order valence-corrected chi connectivity index (χ2v) is 12.1. The van der Waals surface area contributed by atoms with E-state index in [0.717, 1.165) is 10.8 Å². The Bertz CT molecular complexity index is 844. The number of sulfone groups is 2. The molecule has 0 bridgehead atoms. The van der Waals surface area contributed by atoms with E-state index in [4.69, 9.17) is 0 Å². The molecule has 0 fully saturated rings. The summed E-state index contributed by atoms with van der Waals surface area (Å²) in [5.74, 6) is -0.108. The van der Waals surface area contributed by atoms with Crippen LogP contribution in [-0.2, 0) is 19.7 Å². The summed E-state index contributed by atoms with van der Waals surface area (Å²) in [5.41, 5.74) is 1.29. The molecule has 5 atom stereocenters. The van der Waals surface area contributed by atoms with Crippen molar-refractivity contribution < 1.29 is 27.0 Å². The minimum Gasteiger partial charge on any atom is -0.393 e. The fourth-order valence-electron chi connectivity index (χ4n) is 2.40. The van der Waals surface area contributed by atoms with Crippen molar-refractivity contribution in [2.75, 3.05) is 5.08 Å². The number of hydrogen-bond donors (Lipinski definition) is 2. The fraction of sp³-hybridized carbons (Fsp3) is 0.619. The van der Waals surface area contributed by atoms with E-state index in [9.17, 15) is 27.0 Å². The second-order valence-electron chi connectivity index (χ2n) is 7.93. The zero-order valence-electron chi connectivity index (χ0n) is 18.4. The zero-order chi connectivity index (χ0) is 23.0. The van der Waals surface area contributed by atoms with Gasteiger partial charge in [-0.2, -0.15) is 0 Å². The van der Waals surface area contributed by atoms with Gasteiger partial charge in [0.2, 0.25) is 0 Å². The van der Waals surface area contributed by atoms with Crippen LogP contribution in [0.25, 0.3) is 0 Å². The van der Waals surface area contributed by atoms with E-state index in [-0.39, 0.29) is 17.8 Å². The summed E-state index contributed by atoms with van der Waals surface area (Å²) >= 11 is 0. The van der Waals surface area contributed by atoms with Gasteiger partial charge in [-0.3, -0.25) is 0 Å². The smallest absolute Gasteiger partial charge is 0.186 e. The van der Waals surface area contributed by atoms with E-state index in [1.807, 2.05) is 19.9 Å². The Hall–Kier alpha value is -1.22. The Morgan fingerprint density at radius 1 is 0.724 bits per heavy atom. The summed E-state index contributed by atoms with van der Waals surface area (Å²) < 4.78 is 48.6. The lowest BCUT2D eigenvalue weighted by atomic mass is 9.90. The van der Waals surface area contributed by atoms with E-state index >= 15 is 0 Å². The maximum Gasteiger partial charge on any atom is 0.186 e. The van der Waals surface area contributed by atoms with Crippen LogP contribution in [0.2, 0.25) is 0 Å². The summed E-state index contributed by atoms with van der Waals surface area (Å²) in [5, 5.41) is 19.9. The van der Waals surface area contributed by atoms with E-state index < -0.39 is 37.0 Å². The van der Waals surface area contributed by atoms with E-state index in [2.05, 4.69) is 0 Å². The first-order valence-corrected chi connectivity index (χ1v) is 13.0. The molecule has 6 nitrogen and oxygen atoms in total. The summed E-state index contributed by atoms with van der Waals surface area (Å²) in [6.45, 7) is 12.4. The van der Waals surface area contributed by atoms with Gasteiger partial charge in [0.05, 0.1) is 12.2 Å². The first-order chi connectivity index (χ1) is 13.1. The molecule has 0 aliphatic heterocycles. The summed E-state index contributed by atoms with van der Waals surface area (Å²) in [6.07, 6.45) is 5.21. The van der Waals surface area contributed by atoms with Crippen molar-refractivity contribution in [1.29, 1.82) is 0 Å². The first kappa shape index (κ1) is 27.8. The number of allylic oxidation sites excluding steroid dienone is 5. The van der Waals surface area contributed by atoms with Crippen LogP contribution in [0.3, 0.4) is 0 Å². The molecule has 0 heterocycles. The van der Waals surface area contributed by atoms with Gasteiger partial charge in [-0.05, 0) is 51.7 Å². The van der Waals surface area contributed by atoms with E-state index in [0.29, 0.717) is 11.1 Å². The van der Waals surface area contributed by atoms with E-state index in [1.54, 1.807) is 40.7 Å². The number of aliphatic hydroxyl groups excluding tert-OH is 2. The molecule has 0 saturated carbocycles. The average Bonchev–Trinajstić information content (AvgIpc) is 2.56. The van der Waals surface area contributed by atoms with Crippen LogP contribution in [0.4, 0.5) is 0 Å². The molecule has 8 heteroatoms. The lowest BCUT2D eigenvalue weighted by molar-refractivity contribution is 0.116. The van der Waals surface area contributed by atoms with Gasteiger partial charge >= 0.3 is 0 Å². The third kappa shape index (κ3) is 12.2. The van der Waals surface area contributed by atoms with Gasteiger partial charge in [0.15, 0.2) is 24.8 Å². The fourth-order valence-corrected chi connectivity index (χ4v) is 5.70. The van der Waals surface area contributed by atoms with Crippen molar-refractivity contribution in [3.8, 4) is 0 Å². The quantitative estimate of drug-likeness (QED) is 0.469. The van der Waals surface area contributed by atoms with Gasteiger partial charge in [-0.1, -0.05) is 44.1 Å². The van der Waals surface area contributed by atoms with Crippen molar-refractivity contribution in [2.45, 2.75) is 60.7 Å². The largest absolute Gasteiger partial charge is 0.393 e. The first-order valence-electron chi connectivity index (χ1n) is 9.61. The zero-order valence-corrected chi connectivity index (χ0v) is 20.0. The van der Waals surface area contributed by atoms with Crippen LogP contribution in [0, 0.1) is 17.8 Å². The molecule has 0 aliphatic carbocycles. The van der Waals surface area contributed by atoms with Crippen LogP contribution < -0.4 is 0 Å². The maximum absolute atomic E-state index is 12.2. The minimum absolute atomic E-state index is 0.00769. The summed E-state index contributed by atoms with van der Waals surface area (Å²) in [7, 11) is -7.92. The van der Waals surface area contributed by atoms with Crippen LogP contribution in [0.15, 0.2) is 46.3 Å². The van der Waals surface area contributed by atoms with Gasteiger partial charge in [-0.15, -0.1) is 0 Å². The average molecular weight is 449 g/mol. The Labute approximate surface area is 176 Å². The molecule has 0 aliphatic rings. The molecule has 29 heavy (non-hydrogen) atoms. The highest BCUT2D eigenvalue weighted by atomic mass is 32.3. The number of aliphatic hydroxyl groups is 2. The van der Waals surface area contributed by atoms with Crippen molar-refractivity contribution in [3.63, 3.8) is 0 Å². The van der Waals surface area contributed by atoms with Crippen LogP contribution in [0.5, 0.6) is 0 Å². The predicted octanol–water partition coefficient (Wildman–Crippen LogP) is 3.36. The summed E-state index contributed by atoms with van der Waals surface area (Å²) in [6, 6.07) is 0. The molecular formula is C21H36O6S2. The minimum atomic E-state index is -3.96. The van der Waals surface area contributed by atoms with E-state index in [1.165, 1.54) is 12.2 Å². The van der Waals surface area contributed by atoms with Crippen LogP contribution in [0.1, 0.15) is 48.5 Å².